The predicted octanol–water partition coefficient (Wildman–Crippen LogP) is -3.67. The number of carbonyl (C=O) groups is 4. The van der Waals surface area contributed by atoms with E-state index in [0.717, 1.165) is 19.3 Å². The lowest BCUT2D eigenvalue weighted by Crippen LogP contribution is -2.64. The molecule has 0 spiro atoms. The van der Waals surface area contributed by atoms with Crippen molar-refractivity contribution in [2.24, 2.45) is 0 Å². The molecule has 2 heterocycles. The first kappa shape index (κ1) is 83.9. The Morgan fingerprint density at radius 2 is 0.692 bits per heavy atom. The van der Waals surface area contributed by atoms with Crippen LogP contribution < -0.4 is 30.7 Å². The zero-order chi connectivity index (χ0) is 67.2. The van der Waals surface area contributed by atoms with Gasteiger partial charge in [-0.2, -0.15) is 34.7 Å². The molecular formula is C52H100N6O30S3. The summed E-state index contributed by atoms with van der Waals surface area (Å²) in [5, 5.41) is 52.2. The summed E-state index contributed by atoms with van der Waals surface area (Å²) >= 11 is 0. The van der Waals surface area contributed by atoms with E-state index in [-0.39, 0.29) is 95.6 Å². The third-order valence-corrected chi connectivity index (χ3v) is 14.8. The first-order chi connectivity index (χ1) is 43.4. The highest BCUT2D eigenvalue weighted by Gasteiger charge is 2.48. The molecule has 0 bridgehead atoms. The van der Waals surface area contributed by atoms with Crippen LogP contribution in [0.2, 0.25) is 0 Å². The number of unbranched alkanes of at least 4 members (excludes halogenated alkanes) is 6. The molecule has 10 unspecified atom stereocenters. The van der Waals surface area contributed by atoms with Gasteiger partial charge in [0.15, 0.2) is 12.6 Å². The van der Waals surface area contributed by atoms with Crippen LogP contribution in [0.3, 0.4) is 0 Å². The number of rotatable bonds is 58. The van der Waals surface area contributed by atoms with Crippen molar-refractivity contribution in [3.63, 3.8) is 0 Å². The maximum absolute atomic E-state index is 12.1. The molecule has 2 aliphatic rings. The summed E-state index contributed by atoms with van der Waals surface area (Å²) in [6.07, 6.45) is -4.91. The maximum Gasteiger partial charge on any atom is 0.397 e. The van der Waals surface area contributed by atoms with E-state index >= 15 is 0 Å². The van der Waals surface area contributed by atoms with Gasteiger partial charge in [0.05, 0.1) is 105 Å². The molecule has 0 aromatic carbocycles. The van der Waals surface area contributed by atoms with E-state index in [1.807, 2.05) is 4.72 Å². The minimum Gasteiger partial charge on any atom is -0.388 e. The Balaban J connectivity index is 1.27. The smallest absolute Gasteiger partial charge is 0.388 e. The van der Waals surface area contributed by atoms with Crippen molar-refractivity contribution in [2.75, 3.05) is 152 Å². The van der Waals surface area contributed by atoms with Gasteiger partial charge in [0, 0.05) is 78.3 Å². The third-order valence-electron chi connectivity index (χ3n) is 13.2. The molecule has 91 heavy (non-hydrogen) atoms. The largest absolute Gasteiger partial charge is 0.397 e. The van der Waals surface area contributed by atoms with Crippen LogP contribution in [0.15, 0.2) is 0 Å². The van der Waals surface area contributed by atoms with Gasteiger partial charge in [-0.05, 0) is 38.5 Å². The van der Waals surface area contributed by atoms with Crippen molar-refractivity contribution >= 4 is 54.6 Å². The van der Waals surface area contributed by atoms with Gasteiger partial charge in [0.25, 0.3) is 0 Å². The normalized spacial score (nSPS) is 22.2. The third kappa shape index (κ3) is 44.3. The molecule has 2 fully saturated rings. The predicted molar refractivity (Wildman–Crippen MR) is 317 cm³/mol. The van der Waals surface area contributed by atoms with E-state index < -0.39 is 98.9 Å². The Kier molecular flexibility index (Phi) is 46.4. The van der Waals surface area contributed by atoms with E-state index in [4.69, 9.17) is 61.4 Å². The van der Waals surface area contributed by atoms with Crippen molar-refractivity contribution in [2.45, 2.75) is 158 Å². The number of nitrogens with one attached hydrogen (secondary N) is 6. The topological polar surface area (TPSA) is 504 Å². The molecule has 13 N–H and O–H groups in total. The number of hydrogen-bond donors (Lipinski definition) is 13. The summed E-state index contributed by atoms with van der Waals surface area (Å²) in [7, 11) is -14.5. The number of aliphatic hydroxyl groups is 4. The van der Waals surface area contributed by atoms with Crippen LogP contribution in [-0.2, 0) is 111 Å². The van der Waals surface area contributed by atoms with Gasteiger partial charge in [-0.25, -0.2) is 4.18 Å². The molecule has 4 amide bonds. The van der Waals surface area contributed by atoms with Crippen LogP contribution in [0, 0.1) is 0 Å². The fourth-order valence-electron chi connectivity index (χ4n) is 8.48. The zero-order valence-corrected chi connectivity index (χ0v) is 54.1. The van der Waals surface area contributed by atoms with Crippen molar-refractivity contribution in [1.29, 1.82) is 0 Å². The average molecular weight is 1390 g/mol. The molecule has 536 valence electrons. The first-order valence-electron chi connectivity index (χ1n) is 30.5. The molecule has 0 radical (unpaired) electrons. The summed E-state index contributed by atoms with van der Waals surface area (Å²) in [6.45, 7) is 7.30. The molecule has 2 saturated heterocycles. The Morgan fingerprint density at radius 1 is 0.374 bits per heavy atom. The molecule has 0 saturated carbocycles. The van der Waals surface area contributed by atoms with Crippen molar-refractivity contribution in [3.05, 3.63) is 0 Å². The van der Waals surface area contributed by atoms with Gasteiger partial charge in [0.2, 0.25) is 23.6 Å². The number of carbonyl (C=O) groups excluding carboxylic acids is 4. The molecule has 10 atom stereocenters. The zero-order valence-electron chi connectivity index (χ0n) is 51.7. The molecule has 0 aliphatic carbocycles. The Labute approximate surface area is 532 Å². The molecule has 0 aromatic rings. The molecule has 36 nitrogen and oxygen atoms in total. The van der Waals surface area contributed by atoms with Gasteiger partial charge in [-0.15, -0.1) is 0 Å². The second kappa shape index (κ2) is 50.3. The average Bonchev–Trinajstić information content (AvgIpc) is 2.62. The van der Waals surface area contributed by atoms with Crippen LogP contribution >= 0.6 is 0 Å². The highest BCUT2D eigenvalue weighted by Crippen LogP contribution is 2.26. The quantitative estimate of drug-likeness (QED) is 0.0206. The van der Waals surface area contributed by atoms with Gasteiger partial charge in [-0.1, -0.05) is 32.6 Å². The summed E-state index contributed by atoms with van der Waals surface area (Å²) < 4.78 is 168. The Bertz CT molecular complexity index is 2290. The lowest BCUT2D eigenvalue weighted by molar-refractivity contribution is -0.267. The highest BCUT2D eigenvalue weighted by molar-refractivity contribution is 7.84. The fourth-order valence-corrected chi connectivity index (χ4v) is 9.97. The number of aliphatic hydroxyl groups excluding tert-OH is 4. The minimum atomic E-state index is -4.92. The van der Waals surface area contributed by atoms with Crippen LogP contribution in [-0.4, -0.2) is 296 Å². The van der Waals surface area contributed by atoms with Crippen molar-refractivity contribution < 1.29 is 140 Å². The number of ether oxygens (including phenoxy) is 12. The lowest BCUT2D eigenvalue weighted by Gasteiger charge is -2.42. The van der Waals surface area contributed by atoms with E-state index in [1.165, 1.54) is 0 Å². The van der Waals surface area contributed by atoms with Crippen LogP contribution in [0.5, 0.6) is 0 Å². The van der Waals surface area contributed by atoms with Crippen molar-refractivity contribution in [3.8, 4) is 0 Å². The molecule has 2 aliphatic heterocycles. The van der Waals surface area contributed by atoms with Gasteiger partial charge in [0.1, 0.15) is 42.6 Å². The van der Waals surface area contributed by atoms with Crippen molar-refractivity contribution in [1.82, 2.24) is 30.7 Å². The van der Waals surface area contributed by atoms with E-state index in [2.05, 4.69) is 25.5 Å². The number of hydrogen-bond acceptors (Lipinski definition) is 27. The summed E-state index contributed by atoms with van der Waals surface area (Å²) in [6, 6.07) is -3.05. The molecular weight excluding hydrogens is 1280 g/mol. The molecule has 2 rings (SSSR count). The van der Waals surface area contributed by atoms with Gasteiger partial charge >= 0.3 is 31.0 Å². The van der Waals surface area contributed by atoms with Crippen LogP contribution in [0.25, 0.3) is 0 Å². The highest BCUT2D eigenvalue weighted by atomic mass is 32.3. The first-order valence-corrected chi connectivity index (χ1v) is 34.7. The Morgan fingerprint density at radius 3 is 1.05 bits per heavy atom. The SMILES string of the molecule is CCC1OC(OCCCCCCNC(=O)CCOCCOCCOCCNC(=O)CCOCCCOCCC(=O)NCCOCCOCCOCCC(=O)NCCCCCCOC2OC(COS(=O)(=O)O)C(O)C(O)C2NS(=O)(=O)O)C(NS(=O)(=O)O)C(O)C1O. The second-order valence-electron chi connectivity index (χ2n) is 20.6. The second-order valence-corrected chi connectivity index (χ2v) is 24.1. The van der Waals surface area contributed by atoms with E-state index in [9.17, 15) is 74.0 Å². The van der Waals surface area contributed by atoms with Gasteiger partial charge < -0.3 is 98.5 Å². The monoisotopic (exact) mass is 1380 g/mol. The van der Waals surface area contributed by atoms with Crippen LogP contribution in [0.4, 0.5) is 0 Å². The minimum absolute atomic E-state index is 0.0260. The molecule has 0 aromatic heterocycles. The summed E-state index contributed by atoms with van der Waals surface area (Å²) in [5.41, 5.74) is 0. The van der Waals surface area contributed by atoms with Crippen LogP contribution in [0.1, 0.15) is 96.8 Å². The number of amides is 4. The van der Waals surface area contributed by atoms with Gasteiger partial charge in [-0.3, -0.25) is 32.8 Å². The standard InChI is InChI=1S/C52H100N6O30S3/c1-2-39-47(63)49(65)45(57-89(67,68)69)51(87-39)84-22-9-5-3-7-16-53-41(59)14-26-78-30-34-82-36-32-80-28-18-55-43(61)12-24-76-20-11-21-77-25-13-44(62)56-19-29-81-33-37-83-35-31-79-27-15-42(60)54-17-8-4-6-10-23-85-52-46(58-90(70,71)72)50(66)48(64)40(88-52)38-86-91(73,74)75/h39-40,45-52,57-58,63-66H,2-38H2,1H3,(H,53,59)(H,54,60)(H,55,61)(H,56,62)(H,67,68,69)(H,70,71,72)(H,73,74,75). The summed E-state index contributed by atoms with van der Waals surface area (Å²) in [5.74, 6) is -0.691. The molecule has 39 heteroatoms. The lowest BCUT2D eigenvalue weighted by atomic mass is 9.96. The fraction of sp³-hybridized carbons (Fsp3) is 0.923. The Hall–Kier alpha value is -3.15. The van der Waals surface area contributed by atoms with E-state index in [0.29, 0.717) is 144 Å². The summed E-state index contributed by atoms with van der Waals surface area (Å²) in [4.78, 5) is 48.4. The van der Waals surface area contributed by atoms with E-state index in [1.54, 1.807) is 11.6 Å². The maximum atomic E-state index is 12.1.